The van der Waals surface area contributed by atoms with Gasteiger partial charge in [0.1, 0.15) is 12.1 Å². The molecule has 1 aromatic carbocycles. The van der Waals surface area contributed by atoms with E-state index in [1.807, 2.05) is 0 Å². The Hall–Kier alpha value is -3.22. The average Bonchev–Trinajstić information content (AvgIpc) is 2.49. The van der Waals surface area contributed by atoms with E-state index in [-0.39, 0.29) is 12.3 Å². The van der Waals surface area contributed by atoms with Crippen molar-refractivity contribution in [1.29, 1.82) is 0 Å². The molecule has 0 saturated heterocycles. The van der Waals surface area contributed by atoms with Crippen molar-refractivity contribution in [2.24, 2.45) is 0 Å². The standard InChI is InChI=1S/C16H14N2O5/c1-10(19)11-4-2-5-12(8-11)17-14(20)9-18-7-3-6-13(15(18)21)16(22)23/h2-8H,9H2,1H3,(H,17,20)(H,22,23). The van der Waals surface area contributed by atoms with Crippen molar-refractivity contribution in [2.45, 2.75) is 13.5 Å². The normalized spacial score (nSPS) is 10.1. The zero-order valence-electron chi connectivity index (χ0n) is 12.3. The molecule has 0 aliphatic heterocycles. The third kappa shape index (κ3) is 3.91. The Kier molecular flexibility index (Phi) is 4.70. The summed E-state index contributed by atoms with van der Waals surface area (Å²) in [7, 11) is 0. The highest BCUT2D eigenvalue weighted by Crippen LogP contribution is 2.11. The molecule has 0 fully saturated rings. The van der Waals surface area contributed by atoms with Crippen molar-refractivity contribution in [3.05, 3.63) is 64.1 Å². The van der Waals surface area contributed by atoms with Gasteiger partial charge >= 0.3 is 5.97 Å². The lowest BCUT2D eigenvalue weighted by Crippen LogP contribution is -2.30. The van der Waals surface area contributed by atoms with Crippen molar-refractivity contribution in [2.75, 3.05) is 5.32 Å². The molecule has 0 bridgehead atoms. The molecule has 1 heterocycles. The van der Waals surface area contributed by atoms with E-state index in [1.165, 1.54) is 31.3 Å². The van der Waals surface area contributed by atoms with Crippen LogP contribution < -0.4 is 10.9 Å². The molecule has 0 aliphatic carbocycles. The van der Waals surface area contributed by atoms with Crippen molar-refractivity contribution >= 4 is 23.3 Å². The van der Waals surface area contributed by atoms with Gasteiger partial charge in [-0.15, -0.1) is 0 Å². The van der Waals surface area contributed by atoms with Gasteiger partial charge in [-0.05, 0) is 31.2 Å². The first-order valence-corrected chi connectivity index (χ1v) is 6.72. The van der Waals surface area contributed by atoms with Crippen LogP contribution in [0.25, 0.3) is 0 Å². The van der Waals surface area contributed by atoms with Crippen molar-refractivity contribution in [1.82, 2.24) is 4.57 Å². The van der Waals surface area contributed by atoms with Crippen LogP contribution in [0, 0.1) is 0 Å². The van der Waals surface area contributed by atoms with Crippen LogP contribution in [0.4, 0.5) is 5.69 Å². The van der Waals surface area contributed by atoms with E-state index in [4.69, 9.17) is 5.11 Å². The van der Waals surface area contributed by atoms with E-state index in [2.05, 4.69) is 5.32 Å². The average molecular weight is 314 g/mol. The number of nitrogens with zero attached hydrogens (tertiary/aromatic N) is 1. The number of nitrogens with one attached hydrogen (secondary N) is 1. The number of hydrogen-bond donors (Lipinski definition) is 2. The smallest absolute Gasteiger partial charge is 0.341 e. The minimum absolute atomic E-state index is 0.133. The molecule has 0 radical (unpaired) electrons. The van der Waals surface area contributed by atoms with Gasteiger partial charge < -0.3 is 15.0 Å². The largest absolute Gasteiger partial charge is 0.477 e. The number of anilines is 1. The summed E-state index contributed by atoms with van der Waals surface area (Å²) in [6.07, 6.45) is 1.33. The first-order chi connectivity index (χ1) is 10.9. The van der Waals surface area contributed by atoms with Gasteiger partial charge in [0.05, 0.1) is 0 Å². The quantitative estimate of drug-likeness (QED) is 0.811. The lowest BCUT2D eigenvalue weighted by atomic mass is 10.1. The van der Waals surface area contributed by atoms with Crippen LogP contribution in [0.2, 0.25) is 0 Å². The highest BCUT2D eigenvalue weighted by molar-refractivity contribution is 5.97. The number of amides is 1. The fraction of sp³-hybridized carbons (Fsp3) is 0.125. The molecule has 7 nitrogen and oxygen atoms in total. The molecule has 0 saturated carbocycles. The topological polar surface area (TPSA) is 105 Å². The summed E-state index contributed by atoms with van der Waals surface area (Å²) in [5, 5.41) is 11.5. The molecular weight excluding hydrogens is 300 g/mol. The Balaban J connectivity index is 2.16. The Bertz CT molecular complexity index is 838. The number of hydrogen-bond acceptors (Lipinski definition) is 4. The summed E-state index contributed by atoms with van der Waals surface area (Å²) in [4.78, 5) is 46.1. The van der Waals surface area contributed by atoms with Crippen LogP contribution in [-0.4, -0.2) is 27.3 Å². The third-order valence-corrected chi connectivity index (χ3v) is 3.12. The van der Waals surface area contributed by atoms with E-state index >= 15 is 0 Å². The summed E-state index contributed by atoms with van der Waals surface area (Å²) in [5.74, 6) is -1.99. The predicted molar refractivity (Wildman–Crippen MR) is 82.7 cm³/mol. The molecule has 2 rings (SSSR count). The van der Waals surface area contributed by atoms with Gasteiger partial charge in [-0.1, -0.05) is 12.1 Å². The lowest BCUT2D eigenvalue weighted by Gasteiger charge is -2.08. The van der Waals surface area contributed by atoms with Gasteiger partial charge in [0.15, 0.2) is 5.78 Å². The molecule has 0 spiro atoms. The summed E-state index contributed by atoms with van der Waals surface area (Å²) in [6.45, 7) is 1.09. The number of rotatable bonds is 5. The van der Waals surface area contributed by atoms with Crippen LogP contribution in [0.5, 0.6) is 0 Å². The molecule has 0 aliphatic rings. The summed E-state index contributed by atoms with van der Waals surface area (Å²) < 4.78 is 1.01. The maximum atomic E-state index is 12.0. The van der Waals surface area contributed by atoms with Gasteiger partial charge in [0.2, 0.25) is 5.91 Å². The summed E-state index contributed by atoms with van der Waals surface area (Å²) in [5.41, 5.74) is -0.288. The minimum atomic E-state index is -1.35. The van der Waals surface area contributed by atoms with E-state index in [0.717, 1.165) is 4.57 Å². The van der Waals surface area contributed by atoms with E-state index < -0.39 is 23.0 Å². The first-order valence-electron chi connectivity index (χ1n) is 6.72. The molecule has 2 N–H and O–H groups in total. The van der Waals surface area contributed by atoms with Crippen molar-refractivity contribution in [3.63, 3.8) is 0 Å². The second-order valence-electron chi connectivity index (χ2n) is 4.85. The Morgan fingerprint density at radius 1 is 1.17 bits per heavy atom. The lowest BCUT2D eigenvalue weighted by molar-refractivity contribution is -0.116. The molecule has 1 amide bonds. The number of carbonyl (C=O) groups excluding carboxylic acids is 2. The molecular formula is C16H14N2O5. The Morgan fingerprint density at radius 2 is 1.91 bits per heavy atom. The number of carboxylic acids is 1. The van der Waals surface area contributed by atoms with Crippen molar-refractivity contribution < 1.29 is 19.5 Å². The highest BCUT2D eigenvalue weighted by atomic mass is 16.4. The minimum Gasteiger partial charge on any atom is -0.477 e. The number of ketones is 1. The van der Waals surface area contributed by atoms with Crippen LogP contribution in [0.15, 0.2) is 47.4 Å². The monoisotopic (exact) mass is 314 g/mol. The van der Waals surface area contributed by atoms with E-state index in [1.54, 1.807) is 18.2 Å². The summed E-state index contributed by atoms with van der Waals surface area (Å²) >= 11 is 0. The van der Waals surface area contributed by atoms with Crippen LogP contribution in [0.3, 0.4) is 0 Å². The van der Waals surface area contributed by atoms with Gasteiger partial charge in [-0.25, -0.2) is 4.79 Å². The number of carboxylic acid groups (broad SMARTS) is 1. The number of pyridine rings is 1. The summed E-state index contributed by atoms with van der Waals surface area (Å²) in [6, 6.07) is 8.95. The zero-order valence-corrected chi connectivity index (χ0v) is 12.3. The van der Waals surface area contributed by atoms with Gasteiger partial charge in [-0.2, -0.15) is 0 Å². The fourth-order valence-electron chi connectivity index (χ4n) is 2.00. The van der Waals surface area contributed by atoms with Gasteiger partial charge in [-0.3, -0.25) is 14.4 Å². The molecule has 0 atom stereocenters. The third-order valence-electron chi connectivity index (χ3n) is 3.12. The van der Waals surface area contributed by atoms with E-state index in [9.17, 15) is 19.2 Å². The van der Waals surface area contributed by atoms with Gasteiger partial charge in [0, 0.05) is 17.4 Å². The van der Waals surface area contributed by atoms with Crippen molar-refractivity contribution in [3.8, 4) is 0 Å². The fourth-order valence-corrected chi connectivity index (χ4v) is 2.00. The molecule has 1 aromatic heterocycles. The molecule has 7 heteroatoms. The predicted octanol–water partition coefficient (Wildman–Crippen LogP) is 1.39. The van der Waals surface area contributed by atoms with Gasteiger partial charge in [0.25, 0.3) is 5.56 Å². The SMILES string of the molecule is CC(=O)c1cccc(NC(=O)Cn2cccc(C(=O)O)c2=O)c1. The Labute approximate surface area is 131 Å². The molecule has 0 unspecified atom stereocenters. The highest BCUT2D eigenvalue weighted by Gasteiger charge is 2.12. The van der Waals surface area contributed by atoms with E-state index in [0.29, 0.717) is 11.3 Å². The van der Waals surface area contributed by atoms with Crippen LogP contribution in [0.1, 0.15) is 27.6 Å². The number of carbonyl (C=O) groups is 3. The number of aromatic carboxylic acids is 1. The molecule has 118 valence electrons. The second kappa shape index (κ2) is 6.69. The Morgan fingerprint density at radius 3 is 2.57 bits per heavy atom. The number of aromatic nitrogens is 1. The molecule has 2 aromatic rings. The second-order valence-corrected chi connectivity index (χ2v) is 4.85. The maximum Gasteiger partial charge on any atom is 0.341 e. The zero-order chi connectivity index (χ0) is 17.0. The number of benzene rings is 1. The first kappa shape index (κ1) is 16.2. The van der Waals surface area contributed by atoms with Crippen LogP contribution >= 0.6 is 0 Å². The number of Topliss-reactive ketones (excluding diaryl/α,β-unsaturated/α-hetero) is 1. The maximum absolute atomic E-state index is 12.0. The van der Waals surface area contributed by atoms with Crippen LogP contribution in [-0.2, 0) is 11.3 Å². The molecule has 23 heavy (non-hydrogen) atoms.